The third-order valence-corrected chi connectivity index (χ3v) is 4.58. The van der Waals surface area contributed by atoms with E-state index >= 15 is 0 Å². The fourth-order valence-corrected chi connectivity index (χ4v) is 3.08. The third-order valence-electron chi connectivity index (χ3n) is 4.29. The maximum atomic E-state index is 13.9. The number of aliphatic hydroxyl groups is 1. The predicted molar refractivity (Wildman–Crippen MR) is 72.2 cm³/mol. The van der Waals surface area contributed by atoms with E-state index in [1.807, 2.05) is 0 Å². The Morgan fingerprint density at radius 2 is 2.11 bits per heavy atom. The summed E-state index contributed by atoms with van der Waals surface area (Å²) in [5, 5.41) is 10.8. The molecule has 1 aliphatic carbocycles. The quantitative estimate of drug-likeness (QED) is 0.854. The van der Waals surface area contributed by atoms with Crippen LogP contribution in [-0.2, 0) is 6.42 Å². The van der Waals surface area contributed by atoms with Crippen LogP contribution in [0.5, 0.6) is 0 Å². The lowest BCUT2D eigenvalue weighted by Gasteiger charge is -2.39. The van der Waals surface area contributed by atoms with Crippen LogP contribution in [0.15, 0.2) is 18.2 Å². The number of rotatable bonds is 2. The number of hydrogen-bond donors (Lipinski definition) is 1. The molecule has 0 bridgehead atoms. The van der Waals surface area contributed by atoms with Crippen molar-refractivity contribution in [2.45, 2.75) is 45.1 Å². The molecule has 0 heterocycles. The van der Waals surface area contributed by atoms with E-state index in [-0.39, 0.29) is 10.8 Å². The molecule has 1 saturated carbocycles. The van der Waals surface area contributed by atoms with Gasteiger partial charge in [-0.2, -0.15) is 0 Å². The second-order valence-corrected chi connectivity index (χ2v) is 6.22. The molecule has 1 N–H and O–H groups in total. The maximum Gasteiger partial charge on any atom is 0.145 e. The summed E-state index contributed by atoms with van der Waals surface area (Å²) >= 11 is 5.77. The van der Waals surface area contributed by atoms with Crippen molar-refractivity contribution in [1.29, 1.82) is 0 Å². The minimum Gasteiger partial charge on any atom is -0.390 e. The first-order valence-corrected chi connectivity index (χ1v) is 6.94. The summed E-state index contributed by atoms with van der Waals surface area (Å²) in [5.41, 5.74) is -0.260. The van der Waals surface area contributed by atoms with Crippen molar-refractivity contribution in [2.24, 2.45) is 11.8 Å². The molecule has 3 unspecified atom stereocenters. The summed E-state index contributed by atoms with van der Waals surface area (Å²) in [7, 11) is 0. The van der Waals surface area contributed by atoms with E-state index in [1.165, 1.54) is 6.07 Å². The fraction of sp³-hybridized carbons (Fsp3) is 0.600. The van der Waals surface area contributed by atoms with Gasteiger partial charge in [-0.05, 0) is 42.7 Å². The van der Waals surface area contributed by atoms with Gasteiger partial charge in [-0.15, -0.1) is 0 Å². The highest BCUT2D eigenvalue weighted by molar-refractivity contribution is 6.30. The summed E-state index contributed by atoms with van der Waals surface area (Å²) in [6, 6.07) is 4.98. The summed E-state index contributed by atoms with van der Waals surface area (Å²) in [5.74, 6) is 0.722. The van der Waals surface area contributed by atoms with Gasteiger partial charge < -0.3 is 5.11 Å². The molecular formula is C15H20ClFO. The van der Waals surface area contributed by atoms with Crippen molar-refractivity contribution >= 4 is 11.6 Å². The molecule has 0 spiro atoms. The normalized spacial score (nSPS) is 32.5. The lowest BCUT2D eigenvalue weighted by molar-refractivity contribution is -0.0285. The monoisotopic (exact) mass is 270 g/mol. The van der Waals surface area contributed by atoms with Gasteiger partial charge in [0.25, 0.3) is 0 Å². The lowest BCUT2D eigenvalue weighted by Crippen LogP contribution is -2.39. The minimum atomic E-state index is -0.780. The molecule has 3 atom stereocenters. The zero-order chi connectivity index (χ0) is 13.3. The highest BCUT2D eigenvalue weighted by Crippen LogP contribution is 2.38. The van der Waals surface area contributed by atoms with Crippen LogP contribution < -0.4 is 0 Å². The molecule has 100 valence electrons. The van der Waals surface area contributed by atoms with E-state index in [0.717, 1.165) is 19.3 Å². The van der Waals surface area contributed by atoms with Gasteiger partial charge in [0.15, 0.2) is 0 Å². The van der Waals surface area contributed by atoms with E-state index < -0.39 is 5.60 Å². The first kappa shape index (κ1) is 13.8. The molecular weight excluding hydrogens is 251 g/mol. The Morgan fingerprint density at radius 1 is 1.39 bits per heavy atom. The average molecular weight is 271 g/mol. The predicted octanol–water partition coefficient (Wildman–Crippen LogP) is 4.21. The molecule has 1 aromatic carbocycles. The first-order valence-electron chi connectivity index (χ1n) is 6.56. The average Bonchev–Trinajstić information content (AvgIpc) is 2.31. The van der Waals surface area contributed by atoms with Gasteiger partial charge in [-0.25, -0.2) is 4.39 Å². The molecule has 0 radical (unpaired) electrons. The van der Waals surface area contributed by atoms with Crippen molar-refractivity contribution in [1.82, 2.24) is 0 Å². The van der Waals surface area contributed by atoms with Gasteiger partial charge in [-0.3, -0.25) is 0 Å². The van der Waals surface area contributed by atoms with Crippen molar-refractivity contribution in [3.8, 4) is 0 Å². The largest absolute Gasteiger partial charge is 0.390 e. The van der Waals surface area contributed by atoms with E-state index in [9.17, 15) is 9.50 Å². The molecule has 18 heavy (non-hydrogen) atoms. The lowest BCUT2D eigenvalue weighted by atomic mass is 9.71. The zero-order valence-corrected chi connectivity index (χ0v) is 11.7. The Labute approximate surface area is 113 Å². The Balaban J connectivity index is 2.15. The number of halogens is 2. The van der Waals surface area contributed by atoms with Crippen molar-refractivity contribution in [3.63, 3.8) is 0 Å². The van der Waals surface area contributed by atoms with E-state index in [4.69, 9.17) is 11.6 Å². The second-order valence-electron chi connectivity index (χ2n) is 5.81. The number of benzene rings is 1. The molecule has 0 aliphatic heterocycles. The Morgan fingerprint density at radius 3 is 2.78 bits per heavy atom. The SMILES string of the molecule is CC1CCC(O)(Cc2cccc(Cl)c2F)CC1C. The fourth-order valence-electron chi connectivity index (χ4n) is 2.88. The van der Waals surface area contributed by atoms with Crippen molar-refractivity contribution in [2.75, 3.05) is 0 Å². The second kappa shape index (κ2) is 5.18. The standard InChI is InChI=1S/C15H20ClFO/c1-10-6-7-15(18,8-11(10)2)9-12-4-3-5-13(16)14(12)17/h3-5,10-11,18H,6-9H2,1-2H3. The van der Waals surface area contributed by atoms with Gasteiger partial charge in [-0.1, -0.05) is 37.6 Å². The van der Waals surface area contributed by atoms with E-state index in [1.54, 1.807) is 12.1 Å². The zero-order valence-electron chi connectivity index (χ0n) is 10.9. The maximum absolute atomic E-state index is 13.9. The number of hydrogen-bond acceptors (Lipinski definition) is 1. The Bertz CT molecular complexity index is 435. The highest BCUT2D eigenvalue weighted by atomic mass is 35.5. The van der Waals surface area contributed by atoms with Crippen LogP contribution in [0.2, 0.25) is 5.02 Å². The van der Waals surface area contributed by atoms with Gasteiger partial charge in [0, 0.05) is 6.42 Å². The van der Waals surface area contributed by atoms with Crippen LogP contribution in [0.3, 0.4) is 0 Å². The molecule has 1 nitrogen and oxygen atoms in total. The topological polar surface area (TPSA) is 20.2 Å². The molecule has 2 rings (SSSR count). The Hall–Kier alpha value is -0.600. The first-order chi connectivity index (χ1) is 8.41. The minimum absolute atomic E-state index is 0.133. The van der Waals surface area contributed by atoms with Crippen LogP contribution in [0, 0.1) is 17.7 Å². The summed E-state index contributed by atoms with van der Waals surface area (Å²) in [6.07, 6.45) is 2.83. The van der Waals surface area contributed by atoms with Crippen molar-refractivity contribution in [3.05, 3.63) is 34.6 Å². The third kappa shape index (κ3) is 2.86. The van der Waals surface area contributed by atoms with Crippen LogP contribution >= 0.6 is 11.6 Å². The van der Waals surface area contributed by atoms with Crippen LogP contribution in [0.1, 0.15) is 38.7 Å². The van der Waals surface area contributed by atoms with Gasteiger partial charge in [0.1, 0.15) is 5.82 Å². The molecule has 1 aromatic rings. The smallest absolute Gasteiger partial charge is 0.145 e. The van der Waals surface area contributed by atoms with Gasteiger partial charge >= 0.3 is 0 Å². The van der Waals surface area contributed by atoms with E-state index in [0.29, 0.717) is 23.8 Å². The Kier molecular flexibility index (Phi) is 3.98. The summed E-state index contributed by atoms with van der Waals surface area (Å²) in [4.78, 5) is 0. The molecule has 0 aromatic heterocycles. The summed E-state index contributed by atoms with van der Waals surface area (Å²) < 4.78 is 13.9. The molecule has 1 aliphatic rings. The van der Waals surface area contributed by atoms with E-state index in [2.05, 4.69) is 13.8 Å². The van der Waals surface area contributed by atoms with Crippen molar-refractivity contribution < 1.29 is 9.50 Å². The van der Waals surface area contributed by atoms with Crippen LogP contribution in [0.25, 0.3) is 0 Å². The molecule has 3 heteroatoms. The summed E-state index contributed by atoms with van der Waals surface area (Å²) in [6.45, 7) is 4.37. The molecule has 1 fully saturated rings. The highest BCUT2D eigenvalue weighted by Gasteiger charge is 2.36. The van der Waals surface area contributed by atoms with Gasteiger partial charge in [0.05, 0.1) is 10.6 Å². The van der Waals surface area contributed by atoms with Gasteiger partial charge in [0.2, 0.25) is 0 Å². The van der Waals surface area contributed by atoms with Crippen LogP contribution in [-0.4, -0.2) is 10.7 Å². The van der Waals surface area contributed by atoms with Crippen LogP contribution in [0.4, 0.5) is 4.39 Å². The molecule has 0 saturated heterocycles. The molecule has 0 amide bonds.